The Kier molecular flexibility index (Phi) is 3.06. The van der Waals surface area contributed by atoms with E-state index in [0.717, 1.165) is 25.0 Å². The van der Waals surface area contributed by atoms with Crippen LogP contribution >= 0.6 is 15.9 Å². The zero-order valence-corrected chi connectivity index (χ0v) is 8.79. The van der Waals surface area contributed by atoms with Crippen LogP contribution in [0.4, 0.5) is 0 Å². The molecule has 2 aliphatic heterocycles. The van der Waals surface area contributed by atoms with E-state index in [1.807, 2.05) is 12.2 Å². The quantitative estimate of drug-likeness (QED) is 0.658. The highest BCUT2D eigenvalue weighted by Gasteiger charge is 2.28. The molecule has 2 rings (SSSR count). The van der Waals surface area contributed by atoms with E-state index in [1.165, 1.54) is 0 Å². The first kappa shape index (κ1) is 9.28. The van der Waals surface area contributed by atoms with Gasteiger partial charge in [0.2, 0.25) is 6.61 Å². The normalized spacial score (nSPS) is 33.8. The van der Waals surface area contributed by atoms with Gasteiger partial charge in [-0.05, 0) is 18.9 Å². The summed E-state index contributed by atoms with van der Waals surface area (Å²) in [5, 5.41) is 0. The molecule has 0 aliphatic carbocycles. The lowest BCUT2D eigenvalue weighted by Crippen LogP contribution is -2.32. The third-order valence-electron chi connectivity index (χ3n) is 2.16. The molecule has 13 heavy (non-hydrogen) atoms. The lowest BCUT2D eigenvalue weighted by molar-refractivity contribution is 0.0427. The summed E-state index contributed by atoms with van der Waals surface area (Å²) in [6.07, 6.45) is 7.81. The van der Waals surface area contributed by atoms with E-state index in [4.69, 9.17) is 9.47 Å². The minimum Gasteiger partial charge on any atom is -0.481 e. The molecule has 0 aromatic rings. The minimum atomic E-state index is 0.0960. The minimum absolute atomic E-state index is 0.0960. The predicted molar refractivity (Wildman–Crippen MR) is 53.2 cm³/mol. The molecule has 0 aromatic heterocycles. The van der Waals surface area contributed by atoms with Crippen molar-refractivity contribution >= 4 is 15.9 Å². The van der Waals surface area contributed by atoms with Gasteiger partial charge in [0.1, 0.15) is 0 Å². The lowest BCUT2D eigenvalue weighted by atomic mass is 10.0. The molecule has 0 aromatic carbocycles. The van der Waals surface area contributed by atoms with Crippen molar-refractivity contribution in [2.75, 3.05) is 6.61 Å². The predicted octanol–water partition coefficient (Wildman–Crippen LogP) is 2.44. The average Bonchev–Trinajstić information content (AvgIpc) is 2.20. The number of hydrogen-bond acceptors (Lipinski definition) is 2. The van der Waals surface area contributed by atoms with E-state index in [9.17, 15) is 0 Å². The Balaban J connectivity index is 2.05. The van der Waals surface area contributed by atoms with Crippen LogP contribution < -0.4 is 0 Å². The average molecular weight is 243 g/mol. The Morgan fingerprint density at radius 3 is 3.15 bits per heavy atom. The summed E-state index contributed by atoms with van der Waals surface area (Å²) in [5.41, 5.74) is 0.990. The number of allylic oxidation sites excluding steroid dienone is 2. The highest BCUT2D eigenvalue weighted by molar-refractivity contribution is 9.09. The Morgan fingerprint density at radius 2 is 2.46 bits per heavy atom. The molecule has 2 heterocycles. The molecular weight excluding hydrogens is 232 g/mol. The zero-order valence-electron chi connectivity index (χ0n) is 7.20. The monoisotopic (exact) mass is 242 g/mol. The van der Waals surface area contributed by atoms with Crippen molar-refractivity contribution < 1.29 is 9.47 Å². The smallest absolute Gasteiger partial charge is 0.227 e. The van der Waals surface area contributed by atoms with Crippen LogP contribution in [0.5, 0.6) is 0 Å². The van der Waals surface area contributed by atoms with Gasteiger partial charge >= 0.3 is 0 Å². The fourth-order valence-corrected chi connectivity index (χ4v) is 2.26. The van der Waals surface area contributed by atoms with Crippen LogP contribution in [0.2, 0.25) is 0 Å². The molecule has 3 heteroatoms. The first-order chi connectivity index (χ1) is 6.38. The maximum absolute atomic E-state index is 5.64. The van der Waals surface area contributed by atoms with Crippen molar-refractivity contribution in [3.8, 4) is 0 Å². The summed E-state index contributed by atoms with van der Waals surface area (Å²) in [6.45, 7) is 3.67. The standard InChI is InChI=1S/C10H11BrO2/c11-9-4-2-6-13-10(9)8-3-1-5-12-7-8/h1,3,5,9-10H,2,4,6H2. The van der Waals surface area contributed by atoms with Gasteiger partial charge in [0, 0.05) is 17.0 Å². The number of halogens is 1. The van der Waals surface area contributed by atoms with Gasteiger partial charge in [-0.25, -0.2) is 0 Å². The topological polar surface area (TPSA) is 18.5 Å². The van der Waals surface area contributed by atoms with Crippen LogP contribution in [-0.2, 0) is 9.47 Å². The molecule has 2 aliphatic rings. The van der Waals surface area contributed by atoms with Crippen LogP contribution in [0.3, 0.4) is 0 Å². The summed E-state index contributed by atoms with van der Waals surface area (Å²) in [6, 6.07) is 0. The molecular formula is C10H11BrO2. The second kappa shape index (κ2) is 4.29. The Hall–Kier alpha value is -0.280. The van der Waals surface area contributed by atoms with E-state index in [1.54, 1.807) is 6.26 Å². The third kappa shape index (κ3) is 2.15. The maximum Gasteiger partial charge on any atom is 0.227 e. The molecule has 0 spiro atoms. The number of alkyl halides is 1. The third-order valence-corrected chi connectivity index (χ3v) is 3.09. The van der Waals surface area contributed by atoms with E-state index >= 15 is 0 Å². The van der Waals surface area contributed by atoms with Gasteiger partial charge in [-0.15, -0.1) is 0 Å². The van der Waals surface area contributed by atoms with Crippen LogP contribution in [-0.4, -0.2) is 17.5 Å². The van der Waals surface area contributed by atoms with Gasteiger partial charge < -0.3 is 9.47 Å². The number of hydrogen-bond donors (Lipinski definition) is 0. The van der Waals surface area contributed by atoms with Gasteiger partial charge in [-0.3, -0.25) is 0 Å². The van der Waals surface area contributed by atoms with E-state index in [2.05, 4.69) is 22.5 Å². The van der Waals surface area contributed by atoms with Crippen LogP contribution in [0, 0.1) is 6.61 Å². The van der Waals surface area contributed by atoms with Gasteiger partial charge in [-0.1, -0.05) is 22.0 Å². The molecule has 2 unspecified atom stereocenters. The first-order valence-corrected chi connectivity index (χ1v) is 5.33. The highest BCUT2D eigenvalue weighted by Crippen LogP contribution is 2.28. The largest absolute Gasteiger partial charge is 0.481 e. The highest BCUT2D eigenvalue weighted by atomic mass is 79.9. The van der Waals surface area contributed by atoms with Crippen molar-refractivity contribution in [2.45, 2.75) is 23.8 Å². The second-order valence-electron chi connectivity index (χ2n) is 3.12. The first-order valence-electron chi connectivity index (χ1n) is 4.42. The summed E-state index contributed by atoms with van der Waals surface area (Å²) >= 11 is 3.60. The summed E-state index contributed by atoms with van der Waals surface area (Å²) < 4.78 is 10.6. The van der Waals surface area contributed by atoms with Crippen LogP contribution in [0.1, 0.15) is 12.8 Å². The van der Waals surface area contributed by atoms with Crippen molar-refractivity contribution in [3.63, 3.8) is 0 Å². The Bertz CT molecular complexity index is 235. The van der Waals surface area contributed by atoms with Gasteiger partial charge in [0.05, 0.1) is 12.4 Å². The van der Waals surface area contributed by atoms with E-state index in [0.29, 0.717) is 4.83 Å². The molecule has 0 bridgehead atoms. The molecule has 1 saturated heterocycles. The van der Waals surface area contributed by atoms with Gasteiger partial charge in [-0.2, -0.15) is 0 Å². The molecule has 0 amide bonds. The maximum atomic E-state index is 5.64. The van der Waals surface area contributed by atoms with E-state index in [-0.39, 0.29) is 6.10 Å². The molecule has 2 atom stereocenters. The van der Waals surface area contributed by atoms with Crippen molar-refractivity contribution in [1.29, 1.82) is 0 Å². The van der Waals surface area contributed by atoms with Gasteiger partial charge in [0.25, 0.3) is 0 Å². The summed E-state index contributed by atoms with van der Waals surface area (Å²) in [7, 11) is 0. The van der Waals surface area contributed by atoms with E-state index < -0.39 is 0 Å². The van der Waals surface area contributed by atoms with Crippen molar-refractivity contribution in [3.05, 3.63) is 30.6 Å². The Labute approximate surface area is 86.7 Å². The number of rotatable bonds is 1. The fraction of sp³-hybridized carbons (Fsp3) is 0.500. The second-order valence-corrected chi connectivity index (χ2v) is 4.30. The molecule has 2 nitrogen and oxygen atoms in total. The lowest BCUT2D eigenvalue weighted by Gasteiger charge is -2.29. The molecule has 0 saturated carbocycles. The van der Waals surface area contributed by atoms with Gasteiger partial charge in [0.15, 0.2) is 0 Å². The van der Waals surface area contributed by atoms with Crippen molar-refractivity contribution in [2.24, 2.45) is 0 Å². The summed E-state index contributed by atoms with van der Waals surface area (Å²) in [5.74, 6) is 0. The summed E-state index contributed by atoms with van der Waals surface area (Å²) in [4.78, 5) is 0.384. The molecule has 0 N–H and O–H groups in total. The molecule has 1 fully saturated rings. The molecule has 70 valence electrons. The zero-order chi connectivity index (χ0) is 9.10. The van der Waals surface area contributed by atoms with Crippen LogP contribution in [0.25, 0.3) is 0 Å². The SMILES string of the molecule is BrC1CCCOC1C1=CC=CO[C]1. The van der Waals surface area contributed by atoms with Crippen LogP contribution in [0.15, 0.2) is 24.0 Å². The molecule has 2 radical (unpaired) electrons. The van der Waals surface area contributed by atoms with Crippen molar-refractivity contribution in [1.82, 2.24) is 0 Å². The Morgan fingerprint density at radius 1 is 1.54 bits per heavy atom. The number of ether oxygens (including phenoxy) is 2. The fourth-order valence-electron chi connectivity index (χ4n) is 1.50.